The number of unbranched alkanes of at least 4 members (excludes halogenated alkanes) is 18. The molecule has 0 amide bonds. The summed E-state index contributed by atoms with van der Waals surface area (Å²) in [6, 6.07) is 0. The molecular weight excluding hydrogens is 717 g/mol. The Morgan fingerprint density at radius 1 is 0.397 bits per heavy atom. The van der Waals surface area contributed by atoms with Crippen molar-refractivity contribution in [1.29, 1.82) is 0 Å². The number of ether oxygens (including phenoxy) is 3. The van der Waals surface area contributed by atoms with Crippen molar-refractivity contribution in [3.63, 3.8) is 0 Å². The van der Waals surface area contributed by atoms with Gasteiger partial charge in [0.05, 0.1) is 6.61 Å². The summed E-state index contributed by atoms with van der Waals surface area (Å²) in [5.41, 5.74) is 0. The molecule has 58 heavy (non-hydrogen) atoms. The molecule has 332 valence electrons. The van der Waals surface area contributed by atoms with Gasteiger partial charge in [-0.2, -0.15) is 0 Å². The van der Waals surface area contributed by atoms with E-state index in [9.17, 15) is 9.59 Å². The summed E-state index contributed by atoms with van der Waals surface area (Å²) in [6.45, 7) is 7.51. The largest absolute Gasteiger partial charge is 0.462 e. The standard InChI is InChI=1S/C53H90O5/c1-4-7-10-13-16-19-22-25-26-27-28-30-31-34-37-40-43-46-52(54)57-50-51(49-56-48-45-42-39-36-33-24-21-18-15-12-9-6-3)58-53(55)47-44-41-38-35-32-29-23-20-17-14-11-8-5-2/h7-8,10-11,16-17,19-20,25-26,29,32,38,41,51H,4-6,9,12-15,18,21-24,27-28,30-31,33-37,39-40,42-50H2,1-3H3/b10-7-,11-8-,19-16-,20-17-,26-25-,32-29-,41-38-. The van der Waals surface area contributed by atoms with Crippen LogP contribution in [0.1, 0.15) is 213 Å². The molecule has 5 heteroatoms. The number of carbonyl (C=O) groups excluding carboxylic acids is 2. The van der Waals surface area contributed by atoms with E-state index >= 15 is 0 Å². The van der Waals surface area contributed by atoms with Crippen LogP contribution < -0.4 is 0 Å². The lowest BCUT2D eigenvalue weighted by atomic mass is 10.1. The van der Waals surface area contributed by atoms with Crippen LogP contribution in [0.25, 0.3) is 0 Å². The van der Waals surface area contributed by atoms with E-state index in [-0.39, 0.29) is 25.2 Å². The van der Waals surface area contributed by atoms with Crippen molar-refractivity contribution < 1.29 is 23.8 Å². The number of rotatable bonds is 43. The summed E-state index contributed by atoms with van der Waals surface area (Å²) in [5.74, 6) is -0.502. The second-order valence-electron chi connectivity index (χ2n) is 15.6. The third kappa shape index (κ3) is 45.8. The highest BCUT2D eigenvalue weighted by atomic mass is 16.6. The maximum atomic E-state index is 12.7. The molecule has 0 N–H and O–H groups in total. The van der Waals surface area contributed by atoms with Gasteiger partial charge in [0, 0.05) is 19.4 Å². The van der Waals surface area contributed by atoms with E-state index in [4.69, 9.17) is 14.2 Å². The minimum absolute atomic E-state index is 0.0496. The molecule has 0 rings (SSSR count). The second-order valence-corrected chi connectivity index (χ2v) is 15.6. The van der Waals surface area contributed by atoms with Crippen LogP contribution in [-0.2, 0) is 23.8 Å². The first-order valence-corrected chi connectivity index (χ1v) is 24.1. The van der Waals surface area contributed by atoms with Crippen molar-refractivity contribution in [3.8, 4) is 0 Å². The molecule has 0 spiro atoms. The average Bonchev–Trinajstić information content (AvgIpc) is 3.22. The Hall–Kier alpha value is -2.92. The lowest BCUT2D eigenvalue weighted by molar-refractivity contribution is -0.162. The summed E-state index contributed by atoms with van der Waals surface area (Å²) in [4.78, 5) is 25.3. The Labute approximate surface area is 359 Å². The fourth-order valence-corrected chi connectivity index (χ4v) is 6.42. The second kappa shape index (κ2) is 48.4. The van der Waals surface area contributed by atoms with Crippen molar-refractivity contribution in [1.82, 2.24) is 0 Å². The first-order valence-electron chi connectivity index (χ1n) is 24.1. The Balaban J connectivity index is 4.35. The van der Waals surface area contributed by atoms with Gasteiger partial charge in [-0.1, -0.05) is 209 Å². The highest BCUT2D eigenvalue weighted by Gasteiger charge is 2.17. The number of esters is 2. The van der Waals surface area contributed by atoms with Gasteiger partial charge in [0.2, 0.25) is 0 Å². The van der Waals surface area contributed by atoms with Gasteiger partial charge >= 0.3 is 11.9 Å². The number of hydrogen-bond donors (Lipinski definition) is 0. The minimum Gasteiger partial charge on any atom is -0.462 e. The van der Waals surface area contributed by atoms with E-state index in [1.807, 2.05) is 6.08 Å². The Kier molecular flexibility index (Phi) is 46.0. The van der Waals surface area contributed by atoms with Gasteiger partial charge in [0.25, 0.3) is 0 Å². The zero-order valence-corrected chi connectivity index (χ0v) is 38.0. The molecule has 0 aliphatic heterocycles. The summed E-state index contributed by atoms with van der Waals surface area (Å²) in [5, 5.41) is 0. The summed E-state index contributed by atoms with van der Waals surface area (Å²) < 4.78 is 17.3. The van der Waals surface area contributed by atoms with Gasteiger partial charge in [0.1, 0.15) is 6.61 Å². The highest BCUT2D eigenvalue weighted by Crippen LogP contribution is 2.13. The van der Waals surface area contributed by atoms with E-state index < -0.39 is 6.10 Å². The molecule has 0 saturated heterocycles. The van der Waals surface area contributed by atoms with E-state index in [0.717, 1.165) is 83.5 Å². The fraction of sp³-hybridized carbons (Fsp3) is 0.698. The third-order valence-corrected chi connectivity index (χ3v) is 9.94. The lowest BCUT2D eigenvalue weighted by Crippen LogP contribution is -2.30. The van der Waals surface area contributed by atoms with Crippen LogP contribution in [0.15, 0.2) is 85.1 Å². The van der Waals surface area contributed by atoms with Crippen molar-refractivity contribution in [2.45, 2.75) is 219 Å². The van der Waals surface area contributed by atoms with Gasteiger partial charge in [-0.25, -0.2) is 0 Å². The SMILES string of the molecule is CC/C=C\C/C=C\C/C=C\C/C=C\CCC(=O)OC(COCCCCCCCCCCCCCC)COC(=O)CCCCCCCCC/C=C\C/C=C\C/C=C\CC. The van der Waals surface area contributed by atoms with E-state index in [1.165, 1.54) is 89.9 Å². The molecule has 1 unspecified atom stereocenters. The number of allylic oxidation sites excluding steroid dienone is 14. The van der Waals surface area contributed by atoms with Crippen molar-refractivity contribution in [2.24, 2.45) is 0 Å². The molecule has 0 aromatic rings. The van der Waals surface area contributed by atoms with Crippen LogP contribution in [0.2, 0.25) is 0 Å². The quantitative estimate of drug-likeness (QED) is 0.0349. The highest BCUT2D eigenvalue weighted by molar-refractivity contribution is 5.70. The molecule has 0 radical (unpaired) electrons. The Bertz CT molecular complexity index is 1090. The van der Waals surface area contributed by atoms with Gasteiger partial charge in [-0.05, 0) is 77.0 Å². The molecule has 0 heterocycles. The van der Waals surface area contributed by atoms with Crippen LogP contribution in [0.3, 0.4) is 0 Å². The Morgan fingerprint density at radius 3 is 1.31 bits per heavy atom. The molecule has 0 aliphatic rings. The van der Waals surface area contributed by atoms with Crippen molar-refractivity contribution in [2.75, 3.05) is 19.8 Å². The minimum atomic E-state index is -0.578. The van der Waals surface area contributed by atoms with Crippen LogP contribution in [0, 0.1) is 0 Å². The first-order chi connectivity index (χ1) is 28.6. The van der Waals surface area contributed by atoms with Gasteiger partial charge < -0.3 is 14.2 Å². The van der Waals surface area contributed by atoms with Crippen LogP contribution in [0.5, 0.6) is 0 Å². The molecular formula is C53H90O5. The maximum Gasteiger partial charge on any atom is 0.306 e. The third-order valence-electron chi connectivity index (χ3n) is 9.94. The van der Waals surface area contributed by atoms with Crippen molar-refractivity contribution in [3.05, 3.63) is 85.1 Å². The maximum absolute atomic E-state index is 12.7. The number of hydrogen-bond acceptors (Lipinski definition) is 5. The average molecular weight is 807 g/mol. The summed E-state index contributed by atoms with van der Waals surface area (Å²) in [6.07, 6.45) is 63.1. The molecule has 0 saturated carbocycles. The summed E-state index contributed by atoms with van der Waals surface area (Å²) >= 11 is 0. The smallest absolute Gasteiger partial charge is 0.306 e. The summed E-state index contributed by atoms with van der Waals surface area (Å²) in [7, 11) is 0. The predicted octanol–water partition coefficient (Wildman–Crippen LogP) is 16.1. The molecule has 0 bridgehead atoms. The monoisotopic (exact) mass is 807 g/mol. The van der Waals surface area contributed by atoms with Crippen LogP contribution in [-0.4, -0.2) is 37.9 Å². The first kappa shape index (κ1) is 55.1. The zero-order chi connectivity index (χ0) is 42.1. The van der Waals surface area contributed by atoms with Gasteiger partial charge in [-0.15, -0.1) is 0 Å². The van der Waals surface area contributed by atoms with E-state index in [1.54, 1.807) is 0 Å². The molecule has 1 atom stereocenters. The normalized spacial score (nSPS) is 12.9. The molecule has 0 aliphatic carbocycles. The molecule has 5 nitrogen and oxygen atoms in total. The van der Waals surface area contributed by atoms with E-state index in [0.29, 0.717) is 25.9 Å². The zero-order valence-electron chi connectivity index (χ0n) is 38.0. The molecule has 0 aromatic heterocycles. The van der Waals surface area contributed by atoms with Crippen molar-refractivity contribution >= 4 is 11.9 Å². The number of carbonyl (C=O) groups is 2. The van der Waals surface area contributed by atoms with Crippen LogP contribution in [0.4, 0.5) is 0 Å². The topological polar surface area (TPSA) is 61.8 Å². The lowest BCUT2D eigenvalue weighted by Gasteiger charge is -2.18. The Morgan fingerprint density at radius 2 is 0.810 bits per heavy atom. The van der Waals surface area contributed by atoms with Gasteiger partial charge in [-0.3, -0.25) is 9.59 Å². The van der Waals surface area contributed by atoms with Crippen LogP contribution >= 0.6 is 0 Å². The molecule has 0 fully saturated rings. The fourth-order valence-electron chi connectivity index (χ4n) is 6.42. The molecule has 0 aromatic carbocycles. The predicted molar refractivity (Wildman–Crippen MR) is 251 cm³/mol. The van der Waals surface area contributed by atoms with E-state index in [2.05, 4.69) is 99.8 Å². The van der Waals surface area contributed by atoms with Gasteiger partial charge in [0.15, 0.2) is 6.10 Å².